The standard InChI is InChI=1S/C10H18FNO3.C5H10FNO.CH4/c1-10(2,3)15-9(14)12-7-4-6(11)5-8(7)13;6-3-1-4(7)5(8)2-3;/h6-8,13H,4-5H2,1-3H3,(H,12,14);3-5,8H,1-2,7H2;1H4/t6-,7-,8-;3-,4-,5-;/m00./s1. The van der Waals surface area contributed by atoms with Crippen LogP contribution in [0.4, 0.5) is 13.6 Å². The molecule has 2 rings (SSSR count). The Hall–Kier alpha value is -0.990. The smallest absolute Gasteiger partial charge is 0.407 e. The number of carbonyl (C=O) groups is 1. The van der Waals surface area contributed by atoms with E-state index in [4.69, 9.17) is 15.6 Å². The third-order valence-electron chi connectivity index (χ3n) is 3.69. The Morgan fingerprint density at radius 2 is 1.58 bits per heavy atom. The number of alkyl carbamates (subject to hydrolysis) is 1. The molecule has 6 nitrogen and oxygen atoms in total. The van der Waals surface area contributed by atoms with Crippen molar-refractivity contribution in [2.45, 2.75) is 96.1 Å². The van der Waals surface area contributed by atoms with Crippen LogP contribution in [0.3, 0.4) is 0 Å². The number of nitrogens with two attached hydrogens (primary N) is 1. The Bertz CT molecular complexity index is 383. The zero-order valence-electron chi connectivity index (χ0n) is 13.8. The van der Waals surface area contributed by atoms with Crippen LogP contribution in [0, 0.1) is 0 Å². The van der Waals surface area contributed by atoms with E-state index in [1.54, 1.807) is 20.8 Å². The molecule has 2 aliphatic carbocycles. The van der Waals surface area contributed by atoms with E-state index in [1.165, 1.54) is 0 Å². The van der Waals surface area contributed by atoms with Gasteiger partial charge in [0.1, 0.15) is 17.9 Å². The number of halogens is 2. The fourth-order valence-electron chi connectivity index (χ4n) is 2.55. The molecule has 0 heterocycles. The average molecular weight is 354 g/mol. The van der Waals surface area contributed by atoms with E-state index in [1.807, 2.05) is 0 Å². The van der Waals surface area contributed by atoms with Crippen LogP contribution < -0.4 is 11.1 Å². The first-order valence-corrected chi connectivity index (χ1v) is 7.87. The van der Waals surface area contributed by atoms with Gasteiger partial charge < -0.3 is 26.0 Å². The van der Waals surface area contributed by atoms with E-state index in [2.05, 4.69) is 5.32 Å². The number of nitrogens with one attached hydrogen (secondary N) is 1. The molecule has 1 amide bonds. The molecule has 144 valence electrons. The minimum atomic E-state index is -1.04. The molecular weight excluding hydrogens is 322 g/mol. The van der Waals surface area contributed by atoms with Gasteiger partial charge in [0.15, 0.2) is 0 Å². The monoisotopic (exact) mass is 354 g/mol. The summed E-state index contributed by atoms with van der Waals surface area (Å²) < 4.78 is 30.0. The highest BCUT2D eigenvalue weighted by Crippen LogP contribution is 2.23. The summed E-state index contributed by atoms with van der Waals surface area (Å²) in [6, 6.07) is -0.861. The first-order valence-electron chi connectivity index (χ1n) is 7.87. The van der Waals surface area contributed by atoms with Crippen molar-refractivity contribution in [2.75, 3.05) is 0 Å². The summed E-state index contributed by atoms with van der Waals surface area (Å²) in [5, 5.41) is 20.7. The van der Waals surface area contributed by atoms with Gasteiger partial charge in [-0.1, -0.05) is 7.43 Å². The van der Waals surface area contributed by atoms with E-state index in [-0.39, 0.29) is 32.7 Å². The number of hydrogen-bond donors (Lipinski definition) is 4. The first kappa shape index (κ1) is 23.0. The number of carbonyl (C=O) groups excluding carboxylic acids is 1. The van der Waals surface area contributed by atoms with Gasteiger partial charge >= 0.3 is 6.09 Å². The number of amides is 1. The van der Waals surface area contributed by atoms with Crippen molar-refractivity contribution in [3.8, 4) is 0 Å². The summed E-state index contributed by atoms with van der Waals surface area (Å²) in [5.41, 5.74) is 4.70. The van der Waals surface area contributed by atoms with Gasteiger partial charge in [-0.15, -0.1) is 0 Å². The lowest BCUT2D eigenvalue weighted by Crippen LogP contribution is -2.42. The maximum atomic E-state index is 12.9. The fraction of sp³-hybridized carbons (Fsp3) is 0.938. The molecule has 0 aromatic rings. The van der Waals surface area contributed by atoms with Gasteiger partial charge in [0.25, 0.3) is 0 Å². The second-order valence-electron chi connectivity index (χ2n) is 7.19. The lowest BCUT2D eigenvalue weighted by molar-refractivity contribution is 0.0449. The maximum Gasteiger partial charge on any atom is 0.407 e. The average Bonchev–Trinajstić information content (AvgIpc) is 2.79. The van der Waals surface area contributed by atoms with Gasteiger partial charge in [0.05, 0.1) is 18.2 Å². The van der Waals surface area contributed by atoms with Gasteiger partial charge in [0, 0.05) is 25.3 Å². The molecule has 6 atom stereocenters. The zero-order valence-corrected chi connectivity index (χ0v) is 13.8. The molecule has 0 bridgehead atoms. The summed E-state index contributed by atoms with van der Waals surface area (Å²) in [6.07, 6.45) is -3.17. The van der Waals surface area contributed by atoms with Crippen LogP contribution in [0.15, 0.2) is 0 Å². The third kappa shape index (κ3) is 8.21. The van der Waals surface area contributed by atoms with Crippen LogP contribution >= 0.6 is 0 Å². The van der Waals surface area contributed by atoms with Crippen molar-refractivity contribution in [1.29, 1.82) is 0 Å². The molecule has 0 aromatic heterocycles. The summed E-state index contributed by atoms with van der Waals surface area (Å²) >= 11 is 0. The molecular formula is C16H32F2N2O4. The Kier molecular flexibility index (Phi) is 9.09. The van der Waals surface area contributed by atoms with Crippen molar-refractivity contribution in [3.05, 3.63) is 0 Å². The van der Waals surface area contributed by atoms with Crippen molar-refractivity contribution in [1.82, 2.24) is 5.32 Å². The molecule has 0 radical (unpaired) electrons. The first-order chi connectivity index (χ1) is 10.5. The normalized spacial score (nSPS) is 35.5. The topological polar surface area (TPSA) is 105 Å². The highest BCUT2D eigenvalue weighted by atomic mass is 19.1. The minimum absolute atomic E-state index is 0. The molecule has 0 unspecified atom stereocenters. The van der Waals surface area contributed by atoms with Gasteiger partial charge in [0.2, 0.25) is 0 Å². The van der Waals surface area contributed by atoms with Crippen LogP contribution in [0.2, 0.25) is 0 Å². The predicted octanol–water partition coefficient (Wildman–Crippen LogP) is 1.82. The SMILES string of the molecule is C.CC(C)(C)OC(=O)N[C@H]1C[C@H](F)C[C@@H]1O.N[C@H]1C[C@H](F)C[C@@H]1O. The molecule has 0 saturated heterocycles. The predicted molar refractivity (Wildman–Crippen MR) is 88.1 cm³/mol. The fourth-order valence-corrected chi connectivity index (χ4v) is 2.55. The second kappa shape index (κ2) is 9.48. The molecule has 2 aliphatic rings. The van der Waals surface area contributed by atoms with Crippen LogP contribution in [-0.2, 0) is 4.74 Å². The molecule has 8 heteroatoms. The van der Waals surface area contributed by atoms with Gasteiger partial charge in [-0.05, 0) is 27.2 Å². The maximum absolute atomic E-state index is 12.9. The Labute approximate surface area is 142 Å². The summed E-state index contributed by atoms with van der Waals surface area (Å²) in [5.74, 6) is 0. The molecule has 2 saturated carbocycles. The van der Waals surface area contributed by atoms with Crippen molar-refractivity contribution >= 4 is 6.09 Å². The van der Waals surface area contributed by atoms with Crippen molar-refractivity contribution in [2.24, 2.45) is 5.73 Å². The van der Waals surface area contributed by atoms with E-state index < -0.39 is 42.3 Å². The van der Waals surface area contributed by atoms with E-state index in [0.717, 1.165) is 0 Å². The highest BCUT2D eigenvalue weighted by Gasteiger charge is 2.35. The van der Waals surface area contributed by atoms with Crippen LogP contribution in [0.25, 0.3) is 0 Å². The molecule has 5 N–H and O–H groups in total. The van der Waals surface area contributed by atoms with E-state index in [0.29, 0.717) is 6.42 Å². The van der Waals surface area contributed by atoms with E-state index >= 15 is 0 Å². The number of ether oxygens (including phenoxy) is 1. The number of alkyl halides is 2. The number of rotatable bonds is 1. The zero-order chi connectivity index (χ0) is 17.8. The van der Waals surface area contributed by atoms with Gasteiger partial charge in [-0.25, -0.2) is 13.6 Å². The summed E-state index contributed by atoms with van der Waals surface area (Å²) in [4.78, 5) is 11.3. The number of hydrogen-bond acceptors (Lipinski definition) is 5. The molecule has 0 aromatic carbocycles. The highest BCUT2D eigenvalue weighted by molar-refractivity contribution is 5.68. The van der Waals surface area contributed by atoms with Crippen molar-refractivity contribution in [3.63, 3.8) is 0 Å². The Morgan fingerprint density at radius 1 is 1.08 bits per heavy atom. The molecule has 0 spiro atoms. The third-order valence-corrected chi connectivity index (χ3v) is 3.69. The summed E-state index contributed by atoms with van der Waals surface area (Å²) in [6.45, 7) is 5.24. The Morgan fingerprint density at radius 3 is 1.88 bits per heavy atom. The second-order valence-corrected chi connectivity index (χ2v) is 7.19. The minimum Gasteiger partial charge on any atom is -0.444 e. The Balaban J connectivity index is 0.000000498. The largest absolute Gasteiger partial charge is 0.444 e. The lowest BCUT2D eigenvalue weighted by atomic mass is 10.2. The quantitative estimate of drug-likeness (QED) is 0.575. The van der Waals surface area contributed by atoms with E-state index in [9.17, 15) is 18.7 Å². The lowest BCUT2D eigenvalue weighted by Gasteiger charge is -2.22. The van der Waals surface area contributed by atoms with Crippen LogP contribution in [0.5, 0.6) is 0 Å². The van der Waals surface area contributed by atoms with Gasteiger partial charge in [-0.2, -0.15) is 0 Å². The number of aliphatic hydroxyl groups excluding tert-OH is 2. The van der Waals surface area contributed by atoms with Gasteiger partial charge in [-0.3, -0.25) is 0 Å². The molecule has 0 aliphatic heterocycles. The number of aliphatic hydroxyl groups is 2. The van der Waals surface area contributed by atoms with Crippen LogP contribution in [-0.4, -0.2) is 58.5 Å². The van der Waals surface area contributed by atoms with Crippen LogP contribution in [0.1, 0.15) is 53.9 Å². The molecule has 24 heavy (non-hydrogen) atoms. The molecule has 2 fully saturated rings. The summed E-state index contributed by atoms with van der Waals surface area (Å²) in [7, 11) is 0. The van der Waals surface area contributed by atoms with Crippen molar-refractivity contribution < 1.29 is 28.5 Å².